The zero-order valence-electron chi connectivity index (χ0n) is 11.7. The molecular weight excluding hydrogens is 357 g/mol. The molecule has 1 heterocycles. The first-order valence-electron chi connectivity index (χ1n) is 6.71. The number of halogens is 4. The van der Waals surface area contributed by atoms with Gasteiger partial charge in [0.05, 0.1) is 11.7 Å². The number of fused-ring (bicyclic) bond motifs is 1. The molecule has 0 spiro atoms. The van der Waals surface area contributed by atoms with Crippen molar-refractivity contribution in [3.05, 3.63) is 65.2 Å². The zero-order chi connectivity index (χ0) is 15.0. The molecule has 0 saturated carbocycles. The molecule has 1 aliphatic heterocycles. The molecule has 0 fully saturated rings. The summed E-state index contributed by atoms with van der Waals surface area (Å²) in [6, 6.07) is 13.2. The fourth-order valence-corrected chi connectivity index (χ4v) is 2.69. The van der Waals surface area contributed by atoms with Crippen molar-refractivity contribution >= 4 is 22.7 Å². The smallest absolute Gasteiger partial charge is 0.352 e. The van der Waals surface area contributed by atoms with E-state index >= 15 is 0 Å². The van der Waals surface area contributed by atoms with Crippen molar-refractivity contribution in [3.63, 3.8) is 0 Å². The van der Waals surface area contributed by atoms with Crippen LogP contribution in [0.15, 0.2) is 48.5 Å². The van der Waals surface area contributed by atoms with Gasteiger partial charge in [0.2, 0.25) is 0 Å². The van der Waals surface area contributed by atoms with Gasteiger partial charge in [-0.2, -0.15) is 13.2 Å². The summed E-state index contributed by atoms with van der Waals surface area (Å²) in [4.78, 5) is 1.82. The maximum absolute atomic E-state index is 12.8. The topological polar surface area (TPSA) is 29.3 Å². The van der Waals surface area contributed by atoms with Gasteiger partial charge in [-0.1, -0.05) is 30.3 Å². The molecule has 118 valence electrons. The Bertz CT molecular complexity index is 658. The molecule has 0 amide bonds. The Labute approximate surface area is 137 Å². The van der Waals surface area contributed by atoms with E-state index in [1.165, 1.54) is 6.07 Å². The van der Waals surface area contributed by atoms with E-state index in [1.807, 2.05) is 29.2 Å². The van der Waals surface area contributed by atoms with Gasteiger partial charge in [0.15, 0.2) is 0 Å². The van der Waals surface area contributed by atoms with Crippen LogP contribution in [0.2, 0.25) is 0 Å². The Kier molecular flexibility index (Phi) is 4.82. The molecule has 2 nitrogen and oxygen atoms in total. The minimum absolute atomic E-state index is 0. The normalized spacial score (nSPS) is 17.6. The van der Waals surface area contributed by atoms with Crippen LogP contribution in [0.4, 0.5) is 18.9 Å². The third kappa shape index (κ3) is 3.28. The van der Waals surface area contributed by atoms with Crippen LogP contribution in [0.1, 0.15) is 16.7 Å². The molecule has 2 aromatic rings. The van der Waals surface area contributed by atoms with E-state index in [4.69, 9.17) is 5.73 Å². The molecule has 22 heavy (non-hydrogen) atoms. The van der Waals surface area contributed by atoms with Crippen LogP contribution >= 0.6 is 17.0 Å². The predicted molar refractivity (Wildman–Crippen MR) is 86.1 cm³/mol. The second-order valence-corrected chi connectivity index (χ2v) is 5.22. The van der Waals surface area contributed by atoms with Crippen LogP contribution in [0.5, 0.6) is 0 Å². The molecule has 0 saturated heterocycles. The SMILES string of the molecule is Br.NC1Cc2ccccc2CN1c1cccc(C(F)(F)F)c1. The summed E-state index contributed by atoms with van der Waals surface area (Å²) in [5, 5.41) is 0. The van der Waals surface area contributed by atoms with Gasteiger partial charge in [0.25, 0.3) is 0 Å². The molecule has 2 aromatic carbocycles. The van der Waals surface area contributed by atoms with Gasteiger partial charge >= 0.3 is 6.18 Å². The first kappa shape index (κ1) is 16.8. The molecule has 1 atom stereocenters. The van der Waals surface area contributed by atoms with E-state index in [-0.39, 0.29) is 23.1 Å². The Hall–Kier alpha value is -1.53. The molecule has 0 bridgehead atoms. The fraction of sp³-hybridized carbons (Fsp3) is 0.250. The molecule has 6 heteroatoms. The molecule has 0 aromatic heterocycles. The average Bonchev–Trinajstić information content (AvgIpc) is 2.46. The van der Waals surface area contributed by atoms with E-state index in [1.54, 1.807) is 6.07 Å². The Morgan fingerprint density at radius 2 is 1.68 bits per heavy atom. The molecule has 0 aliphatic carbocycles. The second-order valence-electron chi connectivity index (χ2n) is 5.22. The summed E-state index contributed by atoms with van der Waals surface area (Å²) < 4.78 is 38.5. The number of alkyl halides is 3. The van der Waals surface area contributed by atoms with Crippen molar-refractivity contribution in [2.24, 2.45) is 5.73 Å². The van der Waals surface area contributed by atoms with Gasteiger partial charge in [0.1, 0.15) is 0 Å². The highest BCUT2D eigenvalue weighted by Crippen LogP contribution is 2.33. The van der Waals surface area contributed by atoms with Crippen LogP contribution in [0.3, 0.4) is 0 Å². The Morgan fingerprint density at radius 3 is 2.36 bits per heavy atom. The highest BCUT2D eigenvalue weighted by molar-refractivity contribution is 8.93. The number of nitrogens with zero attached hydrogens (tertiary/aromatic N) is 1. The number of anilines is 1. The number of rotatable bonds is 1. The van der Waals surface area contributed by atoms with Crippen molar-refractivity contribution in [2.45, 2.75) is 25.3 Å². The second kappa shape index (κ2) is 6.30. The number of nitrogens with two attached hydrogens (primary N) is 1. The largest absolute Gasteiger partial charge is 0.416 e. The molecule has 3 rings (SSSR count). The standard InChI is InChI=1S/C16H15F3N2.BrH/c17-16(18,19)13-6-3-7-14(9-13)21-10-12-5-2-1-4-11(12)8-15(21)20;/h1-7,9,15H,8,10,20H2;1H. The first-order chi connectivity index (χ1) is 9.95. The molecular formula is C16H16BrF3N2. The van der Waals surface area contributed by atoms with E-state index in [2.05, 4.69) is 0 Å². The molecule has 1 unspecified atom stereocenters. The minimum Gasteiger partial charge on any atom is -0.352 e. The summed E-state index contributed by atoms with van der Waals surface area (Å²) >= 11 is 0. The van der Waals surface area contributed by atoms with Crippen molar-refractivity contribution in [1.82, 2.24) is 0 Å². The quantitative estimate of drug-likeness (QED) is 0.815. The van der Waals surface area contributed by atoms with Crippen LogP contribution < -0.4 is 10.6 Å². The van der Waals surface area contributed by atoms with Crippen molar-refractivity contribution < 1.29 is 13.2 Å². The van der Waals surface area contributed by atoms with Crippen LogP contribution in [-0.2, 0) is 19.1 Å². The molecule has 0 radical (unpaired) electrons. The average molecular weight is 373 g/mol. The van der Waals surface area contributed by atoms with E-state index in [0.717, 1.165) is 23.3 Å². The molecule has 1 aliphatic rings. The Morgan fingerprint density at radius 1 is 1.00 bits per heavy atom. The first-order valence-corrected chi connectivity index (χ1v) is 6.71. The summed E-state index contributed by atoms with van der Waals surface area (Å²) in [5.74, 6) is 0. The minimum atomic E-state index is -4.34. The van der Waals surface area contributed by atoms with Crippen molar-refractivity contribution in [3.8, 4) is 0 Å². The monoisotopic (exact) mass is 372 g/mol. The van der Waals surface area contributed by atoms with E-state index in [9.17, 15) is 13.2 Å². The Balaban J connectivity index is 0.00000176. The maximum atomic E-state index is 12.8. The lowest BCUT2D eigenvalue weighted by atomic mass is 9.97. The number of hydrogen-bond donors (Lipinski definition) is 1. The number of benzene rings is 2. The zero-order valence-corrected chi connectivity index (χ0v) is 13.4. The van der Waals surface area contributed by atoms with Crippen LogP contribution in [0, 0.1) is 0 Å². The summed E-state index contributed by atoms with van der Waals surface area (Å²) in [5.41, 5.74) is 8.26. The van der Waals surface area contributed by atoms with E-state index < -0.39 is 11.7 Å². The van der Waals surface area contributed by atoms with Gasteiger partial charge < -0.3 is 10.6 Å². The van der Waals surface area contributed by atoms with Gasteiger partial charge in [-0.25, -0.2) is 0 Å². The van der Waals surface area contributed by atoms with Gasteiger partial charge in [0, 0.05) is 18.7 Å². The lowest BCUT2D eigenvalue weighted by molar-refractivity contribution is -0.137. The van der Waals surface area contributed by atoms with Crippen molar-refractivity contribution in [1.29, 1.82) is 0 Å². The maximum Gasteiger partial charge on any atom is 0.416 e. The van der Waals surface area contributed by atoms with Crippen molar-refractivity contribution in [2.75, 3.05) is 4.90 Å². The van der Waals surface area contributed by atoms with E-state index in [0.29, 0.717) is 18.7 Å². The third-order valence-corrected chi connectivity index (χ3v) is 3.79. The third-order valence-electron chi connectivity index (χ3n) is 3.79. The summed E-state index contributed by atoms with van der Waals surface area (Å²) in [6.45, 7) is 0.526. The number of hydrogen-bond acceptors (Lipinski definition) is 2. The van der Waals surface area contributed by atoms with Crippen LogP contribution in [0.25, 0.3) is 0 Å². The lowest BCUT2D eigenvalue weighted by Crippen LogP contribution is -2.46. The van der Waals surface area contributed by atoms with Gasteiger partial charge in [-0.3, -0.25) is 0 Å². The summed E-state index contributed by atoms with van der Waals surface area (Å²) in [7, 11) is 0. The predicted octanol–water partition coefficient (Wildman–Crippen LogP) is 4.13. The summed E-state index contributed by atoms with van der Waals surface area (Å²) in [6.07, 6.45) is -4.02. The lowest BCUT2D eigenvalue weighted by Gasteiger charge is -2.36. The highest BCUT2D eigenvalue weighted by atomic mass is 79.9. The van der Waals surface area contributed by atoms with Gasteiger partial charge in [-0.15, -0.1) is 17.0 Å². The fourth-order valence-electron chi connectivity index (χ4n) is 2.69. The van der Waals surface area contributed by atoms with Gasteiger partial charge in [-0.05, 0) is 29.3 Å². The highest BCUT2D eigenvalue weighted by Gasteiger charge is 2.31. The molecule has 2 N–H and O–H groups in total. The van der Waals surface area contributed by atoms with Crippen LogP contribution in [-0.4, -0.2) is 6.17 Å².